The van der Waals surface area contributed by atoms with E-state index in [1.807, 2.05) is 37.6 Å². The number of nitrogens with one attached hydrogen (secondary N) is 3. The summed E-state index contributed by atoms with van der Waals surface area (Å²) >= 11 is 2.81. The molecular weight excluding hydrogens is 1740 g/mol. The van der Waals surface area contributed by atoms with Gasteiger partial charge in [-0.25, -0.2) is 47.1 Å². The minimum Gasteiger partial charge on any atom is -0.553 e. The van der Waals surface area contributed by atoms with Crippen molar-refractivity contribution in [1.29, 1.82) is 0 Å². The first kappa shape index (κ1) is 98.4. The number of amides is 6. The number of thiazole rings is 2. The molecule has 8 N–H and O–H groups in total. The number of carboxylic acid groups (broad SMARTS) is 1. The Labute approximate surface area is 782 Å². The van der Waals surface area contributed by atoms with Crippen molar-refractivity contribution in [2.75, 3.05) is 91.9 Å². The Kier molecular flexibility index (Phi) is 36.0. The van der Waals surface area contributed by atoms with Gasteiger partial charge in [-0.1, -0.05) is 0 Å². The van der Waals surface area contributed by atoms with E-state index in [1.54, 1.807) is 139 Å². The molecule has 676 valence electrons. The third-order valence-corrected chi connectivity index (χ3v) is 23.7. The number of nitrogen functional groups attached to an aromatic ring is 1. The SMILES string of the molecule is CC(=O)c1ccc(Nc2ccc(F)cc2)c(N)c1.CC(=O)c1ccc2c(c1)CC(=O)N2c1ccc(F)cc1.CCO.O=C(O)c1ccc2c(c1)CC(=O)N2c1ccc(F)cc1.O=C(c1ccc2c(c1)CC(=O)N2c1ccc(F)cc1)N1CC(C2CCN(C(=O)c3nccs3)CC2)C1.O=C(c1nccs1)N1CCC(C2CNC2)CC1.O=C(n1ccnc1)n1ccnc1.[2H]CF.[NH-]O.[Na+]. The molecule has 0 unspecified atom stereocenters. The van der Waals surface area contributed by atoms with E-state index in [2.05, 4.69) is 30.6 Å². The normalized spacial score (nSPS) is 14.7. The molecule has 0 atom stereocenters. The van der Waals surface area contributed by atoms with Crippen LogP contribution in [-0.4, -0.2) is 184 Å². The second-order valence-electron chi connectivity index (χ2n) is 30.4. The summed E-state index contributed by atoms with van der Waals surface area (Å²) in [6.45, 7) is 12.0. The topological polar surface area (TPSA) is 386 Å². The van der Waals surface area contributed by atoms with Gasteiger partial charge in [0, 0.05) is 133 Å². The number of nitrogens with zero attached hydrogens (tertiary/aromatic N) is 12. The van der Waals surface area contributed by atoms with E-state index in [0.717, 1.165) is 105 Å². The fraction of sp³-hybridized carbons (Fsp3) is 0.255. The summed E-state index contributed by atoms with van der Waals surface area (Å²) in [4.78, 5) is 146. The van der Waals surface area contributed by atoms with E-state index in [0.29, 0.717) is 78.2 Å². The number of Topliss-reactive ketones (excluding diaryl/α,β-unsaturated/α-hetero) is 2. The Bertz CT molecular complexity index is 5750. The predicted octanol–water partition coefficient (Wildman–Crippen LogP) is 13.3. The molecule has 0 bridgehead atoms. The van der Waals surface area contributed by atoms with Gasteiger partial charge < -0.3 is 52.4 Å². The van der Waals surface area contributed by atoms with Gasteiger partial charge in [0.05, 0.1) is 61.8 Å². The van der Waals surface area contributed by atoms with Crippen molar-refractivity contribution in [3.8, 4) is 0 Å². The van der Waals surface area contributed by atoms with Gasteiger partial charge >= 0.3 is 41.6 Å². The molecule has 6 amide bonds. The Morgan fingerprint density at radius 2 is 0.863 bits per heavy atom. The molecule has 7 aliphatic heterocycles. The van der Waals surface area contributed by atoms with Gasteiger partial charge in [0.2, 0.25) is 17.7 Å². The summed E-state index contributed by atoms with van der Waals surface area (Å²) in [5, 5.41) is 34.0. The molecular formula is C94H94F5N16NaO13S2. The molecule has 4 aromatic heterocycles. The van der Waals surface area contributed by atoms with E-state index >= 15 is 0 Å². The van der Waals surface area contributed by atoms with Gasteiger partial charge in [0.25, 0.3) is 17.7 Å². The Morgan fingerprint density at radius 1 is 0.504 bits per heavy atom. The number of carboxylic acids is 1. The van der Waals surface area contributed by atoms with Crippen molar-refractivity contribution in [2.24, 2.45) is 23.7 Å². The van der Waals surface area contributed by atoms with Crippen LogP contribution in [-0.2, 0) is 33.6 Å². The van der Waals surface area contributed by atoms with E-state index < -0.39 is 13.1 Å². The fourth-order valence-corrected chi connectivity index (χ4v) is 16.6. The van der Waals surface area contributed by atoms with Crippen LogP contribution in [0.1, 0.15) is 126 Å². The molecule has 0 radical (unpaired) electrons. The summed E-state index contributed by atoms with van der Waals surface area (Å²) in [7, 11) is -1.00. The van der Waals surface area contributed by atoms with Crippen LogP contribution in [0, 0.1) is 46.9 Å². The van der Waals surface area contributed by atoms with E-state index in [9.17, 15) is 69.9 Å². The minimum atomic E-state index is -1.03. The maximum absolute atomic E-state index is 13.3. The van der Waals surface area contributed by atoms with Crippen LogP contribution < -0.4 is 60.6 Å². The molecule has 8 aromatic carbocycles. The van der Waals surface area contributed by atoms with Crippen LogP contribution in [0.3, 0.4) is 0 Å². The standard InChI is InChI=1S/C27H25FN4O3S.C16H12FNO2.C15H10FNO3.C14H13FN2O.C12H17N3OS.C7H6N4O.C2H6O.CH3F.H2NO.Na/c28-21-2-4-22(5-3-21)32-23-6-1-18(13-19(23)14-24(32)33)26(34)31-15-20(16-31)17-7-10-30(11-8-17)27(35)25-29-9-12-36-25;1-10(19)11-2-7-15-12(8-11)9-16(20)18(15)14-5-3-13(17)4-6-14;16-11-2-4-12(5-3-11)17-13-6-1-9(15(19)20)7-10(13)8-14(17)18;1-9(18)10-2-7-14(13(16)8-10)17-12-5-3-11(15)4-6-12;16-12(11-14-3-6-17-11)15-4-1-9(2-5-15)10-7-13-8-10;12-7(10-3-1-8-5-10)11-4-2-9-6-11;1-2-3;2*1-2;/h1-6,9,12-13,17,20H,7-8,10-11,14-16H2;2-8H,9H2,1H3;1-7H,8H2,(H,19,20);2-8,17H,16H2,1H3;3,6,9-10,13H,1-2,4-5,7-8H2;1-6H;3H,2H2,1H3;1H3;1-2H;/q;;;;;;;;-1;+1/i;;;;;;;1D;;. The van der Waals surface area contributed by atoms with Gasteiger partial charge in [-0.15, -0.1) is 22.7 Å². The van der Waals surface area contributed by atoms with Gasteiger partial charge in [0.1, 0.15) is 35.9 Å². The number of fused-ring (bicyclic) bond motifs is 3. The monoisotopic (exact) mass is 1840 g/mol. The first-order valence-corrected chi connectivity index (χ1v) is 42.9. The first-order chi connectivity index (χ1) is 63.2. The molecule has 7 aliphatic rings. The van der Waals surface area contributed by atoms with E-state index in [-0.39, 0.29) is 137 Å². The largest absolute Gasteiger partial charge is 1.00 e. The number of aliphatic hydroxyl groups is 1. The third-order valence-electron chi connectivity index (χ3n) is 22.1. The Morgan fingerprint density at radius 3 is 1.21 bits per heavy atom. The number of hydrogen-bond acceptors (Lipinski definition) is 21. The van der Waals surface area contributed by atoms with E-state index in [1.165, 1.54) is 149 Å². The van der Waals surface area contributed by atoms with Crippen molar-refractivity contribution < 1.29 is 116 Å². The first-order valence-electron chi connectivity index (χ1n) is 41.8. The molecule has 19 rings (SSSR count). The smallest absolute Gasteiger partial charge is 0.553 e. The number of aromatic carboxylic acids is 1. The summed E-state index contributed by atoms with van der Waals surface area (Å²) in [6, 6.07) is 43.2. The second kappa shape index (κ2) is 47.9. The molecule has 0 spiro atoms. The number of alkyl halides is 1. The number of carbonyl (C=O) groups is 10. The number of ketones is 2. The van der Waals surface area contributed by atoms with Crippen LogP contribution >= 0.6 is 22.7 Å². The maximum atomic E-state index is 13.3. The van der Waals surface area contributed by atoms with Gasteiger partial charge in [-0.2, -0.15) is 0 Å². The molecule has 4 fully saturated rings. The molecule has 0 saturated carbocycles. The van der Waals surface area contributed by atoms with Gasteiger partial charge in [0.15, 0.2) is 21.6 Å². The van der Waals surface area contributed by atoms with Crippen molar-refractivity contribution in [1.82, 2.24) is 49.1 Å². The Balaban J connectivity index is 0.000000166. The summed E-state index contributed by atoms with van der Waals surface area (Å²) < 4.78 is 70.2. The third kappa shape index (κ3) is 25.7. The molecule has 131 heavy (non-hydrogen) atoms. The number of likely N-dealkylation sites (tertiary alicyclic amines) is 3. The number of aromatic nitrogens is 6. The summed E-state index contributed by atoms with van der Waals surface area (Å²) in [6.07, 6.45) is 17.4. The van der Waals surface area contributed by atoms with Crippen LogP contribution in [0.2, 0.25) is 0 Å². The number of nitrogens with two attached hydrogens (primary N) is 1. The number of carbonyl (C=O) groups excluding carboxylic acids is 9. The quantitative estimate of drug-likeness (QED) is 0.0205. The summed E-state index contributed by atoms with van der Waals surface area (Å²) in [5.74, 6) is 4.73. The minimum absolute atomic E-state index is 0. The molecule has 4 saturated heterocycles. The number of halogens is 5. The van der Waals surface area contributed by atoms with Crippen LogP contribution in [0.4, 0.5) is 77.9 Å². The molecule has 12 aromatic rings. The maximum Gasteiger partial charge on any atom is 1.00 e. The predicted molar refractivity (Wildman–Crippen MR) is 482 cm³/mol. The van der Waals surface area contributed by atoms with Crippen LogP contribution in [0.5, 0.6) is 0 Å². The van der Waals surface area contributed by atoms with Crippen molar-refractivity contribution in [2.45, 2.75) is 65.7 Å². The van der Waals surface area contributed by atoms with E-state index in [4.69, 9.17) is 28.4 Å². The van der Waals surface area contributed by atoms with Crippen LogP contribution in [0.25, 0.3) is 5.90 Å². The number of piperidine rings is 2. The number of rotatable bonds is 13. The number of hydrogen-bond donors (Lipinski definition) is 6. The zero-order chi connectivity index (χ0) is 94.0. The average molecular weight is 1840 g/mol. The van der Waals surface area contributed by atoms with Gasteiger partial charge in [-0.3, -0.25) is 66.6 Å². The number of aliphatic hydroxyl groups excluding tert-OH is 1. The average Bonchev–Trinajstić information content (AvgIpc) is 1.46. The molecule has 29 nitrogen and oxygen atoms in total. The van der Waals surface area contributed by atoms with Crippen molar-refractivity contribution in [3.05, 3.63) is 309 Å². The number of anilines is 9. The van der Waals surface area contributed by atoms with Crippen LogP contribution in [0.15, 0.2) is 230 Å². The molecule has 37 heteroatoms. The fourth-order valence-electron chi connectivity index (χ4n) is 15.4. The zero-order valence-electron chi connectivity index (χ0n) is 72.8. The Hall–Kier alpha value is -13.2. The number of benzene rings is 8. The number of imidazole rings is 2. The zero-order valence-corrected chi connectivity index (χ0v) is 75.5. The summed E-state index contributed by atoms with van der Waals surface area (Å²) in [5.41, 5.74) is 15.9. The van der Waals surface area contributed by atoms with Gasteiger partial charge in [-0.05, 0) is 270 Å². The van der Waals surface area contributed by atoms with Crippen molar-refractivity contribution >= 4 is 133 Å². The molecule has 0 aliphatic carbocycles. The van der Waals surface area contributed by atoms with Crippen molar-refractivity contribution in [3.63, 3.8) is 0 Å². The molecule has 11 heterocycles. The second-order valence-corrected chi connectivity index (χ2v) is 32.2.